The number of barbiturate groups is 1. The maximum atomic E-state index is 13.3. The lowest BCUT2D eigenvalue weighted by Gasteiger charge is -2.26. The van der Waals surface area contributed by atoms with Crippen molar-refractivity contribution >= 4 is 55.7 Å². The van der Waals surface area contributed by atoms with E-state index in [0.717, 1.165) is 9.37 Å². The second-order valence-corrected chi connectivity index (χ2v) is 10.7. The van der Waals surface area contributed by atoms with E-state index in [1.54, 1.807) is 61.5 Å². The number of halogens is 1. The zero-order valence-corrected chi connectivity index (χ0v) is 23.1. The number of carbonyl (C=O) groups is 3. The van der Waals surface area contributed by atoms with Crippen molar-refractivity contribution in [2.75, 3.05) is 11.5 Å². The maximum Gasteiger partial charge on any atom is 0.339 e. The summed E-state index contributed by atoms with van der Waals surface area (Å²) in [5.41, 5.74) is 0.724. The Bertz CT molecular complexity index is 1580. The van der Waals surface area contributed by atoms with Gasteiger partial charge < -0.3 is 8.92 Å². The Morgan fingerprint density at radius 2 is 1.72 bits per heavy atom. The van der Waals surface area contributed by atoms with Crippen LogP contribution in [0.1, 0.15) is 18.1 Å². The summed E-state index contributed by atoms with van der Waals surface area (Å²) in [5.74, 6) is -1.63. The minimum Gasteiger partial charge on any atom is -0.490 e. The van der Waals surface area contributed by atoms with Crippen LogP contribution < -0.4 is 19.1 Å². The highest BCUT2D eigenvalue weighted by Crippen LogP contribution is 2.37. The molecule has 0 bridgehead atoms. The monoisotopic (exact) mass is 610 g/mol. The molecule has 0 saturated carbocycles. The molecule has 1 N–H and O–H groups in total. The molecule has 0 aromatic heterocycles. The molecule has 9 nitrogen and oxygen atoms in total. The van der Waals surface area contributed by atoms with Crippen molar-refractivity contribution in [3.05, 3.63) is 101 Å². The molecule has 0 atom stereocenters. The molecule has 1 fully saturated rings. The molecule has 0 radical (unpaired) electrons. The molecule has 1 heterocycles. The Hall–Kier alpha value is -4.22. The summed E-state index contributed by atoms with van der Waals surface area (Å²) in [6, 6.07) is 16.2. The van der Waals surface area contributed by atoms with Crippen LogP contribution in [-0.2, 0) is 26.1 Å². The van der Waals surface area contributed by atoms with Gasteiger partial charge in [0.2, 0.25) is 0 Å². The minimum atomic E-state index is -4.20. The van der Waals surface area contributed by atoms with Crippen LogP contribution in [0.4, 0.5) is 10.5 Å². The van der Waals surface area contributed by atoms with Crippen molar-refractivity contribution in [3.8, 4) is 11.5 Å². The molecule has 1 aliphatic rings. The Morgan fingerprint density at radius 3 is 2.36 bits per heavy atom. The number of carbonyl (C=O) groups excluding carboxylic acids is 3. The van der Waals surface area contributed by atoms with Gasteiger partial charge in [-0.05, 0) is 73.5 Å². The summed E-state index contributed by atoms with van der Waals surface area (Å²) < 4.78 is 37.9. The number of urea groups is 1. The molecule has 200 valence electrons. The normalized spacial score (nSPS) is 14.8. The third kappa shape index (κ3) is 6.10. The highest BCUT2D eigenvalue weighted by atomic mass is 79.9. The van der Waals surface area contributed by atoms with Gasteiger partial charge in [0.1, 0.15) is 10.5 Å². The van der Waals surface area contributed by atoms with Crippen LogP contribution in [0.3, 0.4) is 0 Å². The van der Waals surface area contributed by atoms with Crippen LogP contribution >= 0.6 is 15.9 Å². The summed E-state index contributed by atoms with van der Waals surface area (Å²) in [5, 5.41) is 2.18. The number of rotatable bonds is 9. The summed E-state index contributed by atoms with van der Waals surface area (Å²) in [6.45, 7) is 5.62. The SMILES string of the molecule is C=CCc1cc(/C=C2\C(=O)NC(=O)N(c3ccc(Br)cc3)C2=O)cc(OCC)c1OS(=O)(=O)c1ccccc1. The number of hydrogen-bond acceptors (Lipinski definition) is 7. The van der Waals surface area contributed by atoms with Crippen LogP contribution in [0, 0.1) is 0 Å². The van der Waals surface area contributed by atoms with E-state index < -0.39 is 28.0 Å². The van der Waals surface area contributed by atoms with Crippen molar-refractivity contribution in [2.45, 2.75) is 18.2 Å². The first kappa shape index (κ1) is 27.8. The molecule has 11 heteroatoms. The first-order valence-corrected chi connectivity index (χ1v) is 13.9. The van der Waals surface area contributed by atoms with E-state index in [4.69, 9.17) is 8.92 Å². The van der Waals surface area contributed by atoms with Gasteiger partial charge in [0.15, 0.2) is 11.5 Å². The first-order valence-electron chi connectivity index (χ1n) is 11.7. The third-order valence-corrected chi connectivity index (χ3v) is 7.30. The fourth-order valence-corrected chi connectivity index (χ4v) is 5.08. The van der Waals surface area contributed by atoms with E-state index >= 15 is 0 Å². The highest BCUT2D eigenvalue weighted by molar-refractivity contribution is 9.10. The van der Waals surface area contributed by atoms with E-state index in [-0.39, 0.29) is 40.7 Å². The van der Waals surface area contributed by atoms with Gasteiger partial charge in [0, 0.05) is 10.0 Å². The second kappa shape index (κ2) is 11.7. The molecular formula is C28H23BrN2O7S. The van der Waals surface area contributed by atoms with Crippen LogP contribution in [0.2, 0.25) is 0 Å². The number of hydrogen-bond donors (Lipinski definition) is 1. The molecule has 0 spiro atoms. The largest absolute Gasteiger partial charge is 0.490 e. The molecule has 39 heavy (non-hydrogen) atoms. The molecule has 0 unspecified atom stereocenters. The van der Waals surface area contributed by atoms with Gasteiger partial charge in [0.05, 0.1) is 12.3 Å². The van der Waals surface area contributed by atoms with Crippen molar-refractivity contribution in [2.24, 2.45) is 0 Å². The fourth-order valence-electron chi connectivity index (χ4n) is 3.83. The van der Waals surface area contributed by atoms with Gasteiger partial charge in [-0.15, -0.1) is 6.58 Å². The second-order valence-electron chi connectivity index (χ2n) is 8.22. The molecule has 4 rings (SSSR count). The number of amides is 4. The number of imide groups is 2. The Labute approximate surface area is 234 Å². The van der Waals surface area contributed by atoms with Gasteiger partial charge in [-0.2, -0.15) is 8.42 Å². The average molecular weight is 611 g/mol. The molecule has 1 aliphatic heterocycles. The summed E-state index contributed by atoms with van der Waals surface area (Å²) in [7, 11) is -4.20. The zero-order valence-electron chi connectivity index (χ0n) is 20.7. The van der Waals surface area contributed by atoms with Crippen molar-refractivity contribution in [1.82, 2.24) is 5.32 Å². The lowest BCUT2D eigenvalue weighted by atomic mass is 10.0. The van der Waals surface area contributed by atoms with Gasteiger partial charge in [-0.1, -0.05) is 40.2 Å². The number of nitrogens with one attached hydrogen (secondary N) is 1. The Morgan fingerprint density at radius 1 is 1.03 bits per heavy atom. The van der Waals surface area contributed by atoms with Crippen molar-refractivity contribution in [3.63, 3.8) is 0 Å². The van der Waals surface area contributed by atoms with Crippen LogP contribution in [-0.4, -0.2) is 32.9 Å². The Kier molecular flexibility index (Phi) is 8.32. The number of allylic oxidation sites excluding steroid dienone is 1. The lowest BCUT2D eigenvalue weighted by Crippen LogP contribution is -2.54. The lowest BCUT2D eigenvalue weighted by molar-refractivity contribution is -0.122. The topological polar surface area (TPSA) is 119 Å². The standard InChI is InChI=1S/C28H23BrN2O7S/c1-3-8-19-15-18(17-24(37-4-2)25(19)38-39(35,36)22-9-6-5-7-10-22)16-23-26(32)30-28(34)31(27(23)33)21-13-11-20(29)12-14-21/h3,5-7,9-17H,1,4,8H2,2H3,(H,30,32,34)/b23-16+. The fraction of sp³-hybridized carbons (Fsp3) is 0.107. The zero-order chi connectivity index (χ0) is 28.2. The predicted octanol–water partition coefficient (Wildman–Crippen LogP) is 5.01. The third-order valence-electron chi connectivity index (χ3n) is 5.54. The van der Waals surface area contributed by atoms with E-state index in [2.05, 4.69) is 27.8 Å². The van der Waals surface area contributed by atoms with Gasteiger partial charge >= 0.3 is 16.1 Å². The summed E-state index contributed by atoms with van der Waals surface area (Å²) in [6.07, 6.45) is 3.05. The maximum absolute atomic E-state index is 13.3. The van der Waals surface area contributed by atoms with E-state index in [0.29, 0.717) is 11.1 Å². The molecular weight excluding hydrogens is 588 g/mol. The smallest absolute Gasteiger partial charge is 0.339 e. The number of nitrogens with zero attached hydrogens (tertiary/aromatic N) is 1. The molecule has 4 amide bonds. The van der Waals surface area contributed by atoms with Crippen molar-refractivity contribution in [1.29, 1.82) is 0 Å². The highest BCUT2D eigenvalue weighted by Gasteiger charge is 2.37. The van der Waals surface area contributed by atoms with Crippen molar-refractivity contribution < 1.29 is 31.7 Å². The average Bonchev–Trinajstić information content (AvgIpc) is 2.90. The van der Waals surface area contributed by atoms with E-state index in [9.17, 15) is 22.8 Å². The predicted molar refractivity (Wildman–Crippen MR) is 149 cm³/mol. The van der Waals surface area contributed by atoms with Crippen LogP contribution in [0.25, 0.3) is 6.08 Å². The van der Waals surface area contributed by atoms with Crippen LogP contribution in [0.15, 0.2) is 94.3 Å². The summed E-state index contributed by atoms with van der Waals surface area (Å²) >= 11 is 3.31. The van der Waals surface area contributed by atoms with E-state index in [1.807, 2.05) is 0 Å². The first-order chi connectivity index (χ1) is 18.6. The van der Waals surface area contributed by atoms with Gasteiger partial charge in [0.25, 0.3) is 11.8 Å². The molecule has 3 aromatic rings. The minimum absolute atomic E-state index is 0.0335. The Balaban J connectivity index is 1.78. The van der Waals surface area contributed by atoms with Crippen LogP contribution in [0.5, 0.6) is 11.5 Å². The number of anilines is 1. The van der Waals surface area contributed by atoms with Gasteiger partial charge in [-0.25, -0.2) is 9.69 Å². The molecule has 1 saturated heterocycles. The van der Waals surface area contributed by atoms with Gasteiger partial charge in [-0.3, -0.25) is 14.9 Å². The van der Waals surface area contributed by atoms with E-state index in [1.165, 1.54) is 24.3 Å². The molecule has 3 aromatic carbocycles. The number of benzene rings is 3. The summed E-state index contributed by atoms with van der Waals surface area (Å²) in [4.78, 5) is 39.3. The number of ether oxygens (including phenoxy) is 1. The molecule has 0 aliphatic carbocycles. The quantitative estimate of drug-likeness (QED) is 0.156.